The number of likely N-dealkylation sites (tertiary alicyclic amines) is 1. The molecule has 1 aromatic carbocycles. The third-order valence-corrected chi connectivity index (χ3v) is 10.9. The molecule has 0 radical (unpaired) electrons. The van der Waals surface area contributed by atoms with Crippen LogP contribution in [0.15, 0.2) is 55.6 Å². The Morgan fingerprint density at radius 3 is 2.60 bits per heavy atom. The molecule has 0 aliphatic carbocycles. The van der Waals surface area contributed by atoms with Crippen LogP contribution in [0.2, 0.25) is 0 Å². The van der Waals surface area contributed by atoms with E-state index in [1.54, 1.807) is 33.7 Å². The Balaban J connectivity index is 1.76. The predicted octanol–water partition coefficient (Wildman–Crippen LogP) is 4.92. The Morgan fingerprint density at radius 1 is 1.20 bits per heavy atom. The lowest BCUT2D eigenvalue weighted by molar-refractivity contribution is -0.156. The molecule has 40 heavy (non-hydrogen) atoms. The van der Waals surface area contributed by atoms with E-state index >= 15 is 0 Å². The van der Waals surface area contributed by atoms with E-state index in [9.17, 15) is 19.5 Å². The smallest absolute Gasteiger partial charge is 0.311 e. The van der Waals surface area contributed by atoms with Gasteiger partial charge >= 0.3 is 5.97 Å². The van der Waals surface area contributed by atoms with Crippen molar-refractivity contribution in [3.63, 3.8) is 0 Å². The summed E-state index contributed by atoms with van der Waals surface area (Å²) in [5.74, 6) is -2.06. The highest BCUT2D eigenvalue weighted by atomic mass is 32.2. The number of carbonyl (C=O) groups is 3. The minimum atomic E-state index is -0.797. The number of hydrogen-bond donors (Lipinski definition) is 1. The molecule has 0 aromatic heterocycles. The fourth-order valence-corrected chi connectivity index (χ4v) is 9.35. The van der Waals surface area contributed by atoms with Gasteiger partial charge in [-0.1, -0.05) is 62.2 Å². The molecule has 7 nitrogen and oxygen atoms in total. The highest BCUT2D eigenvalue weighted by Gasteiger charge is 2.78. The van der Waals surface area contributed by atoms with Crippen LogP contribution in [-0.2, 0) is 19.1 Å². The van der Waals surface area contributed by atoms with Crippen LogP contribution in [0.1, 0.15) is 70.4 Å². The van der Waals surface area contributed by atoms with E-state index in [4.69, 9.17) is 4.74 Å². The zero-order chi connectivity index (χ0) is 28.9. The topological polar surface area (TPSA) is 87.1 Å². The first kappa shape index (κ1) is 30.4. The van der Waals surface area contributed by atoms with Gasteiger partial charge in [0.25, 0.3) is 0 Å². The second-order valence-electron chi connectivity index (χ2n) is 11.5. The molecule has 3 aliphatic heterocycles. The molecular weight excluding hydrogens is 524 g/mol. The van der Waals surface area contributed by atoms with Gasteiger partial charge in [0.2, 0.25) is 11.8 Å². The number of rotatable bonds is 15. The Bertz CT molecular complexity index is 1100. The molecule has 8 heteroatoms. The van der Waals surface area contributed by atoms with Crippen molar-refractivity contribution in [1.82, 2.24) is 9.80 Å². The van der Waals surface area contributed by atoms with Crippen molar-refractivity contribution in [3.8, 4) is 0 Å². The predicted molar refractivity (Wildman–Crippen MR) is 159 cm³/mol. The van der Waals surface area contributed by atoms with Crippen LogP contribution in [0.3, 0.4) is 0 Å². The third kappa shape index (κ3) is 5.37. The Kier molecular flexibility index (Phi) is 9.83. The standard InChI is InChI=1S/C32H44N2O5S/c1-5-8-13-20-33(19-7-3)29(37)27-32-18-17-31(4,40-32)26(30(38)39-21-14-9-6-2)25(32)28(36)34(27)24(22-35)23-15-11-10-12-16-23/h6-7,10-12,15-16,24-27,35H,2-3,5,8-9,13-14,17-22H2,1,4H3/t24-,25+,26-,27?,31+,32?/m1/s1. The lowest BCUT2D eigenvalue weighted by Crippen LogP contribution is -2.55. The summed E-state index contributed by atoms with van der Waals surface area (Å²) in [6.07, 6.45) is 9.20. The maximum atomic E-state index is 14.6. The second-order valence-corrected chi connectivity index (χ2v) is 13.4. The fraction of sp³-hybridized carbons (Fsp3) is 0.594. The van der Waals surface area contributed by atoms with Crippen molar-refractivity contribution in [2.75, 3.05) is 26.3 Å². The summed E-state index contributed by atoms with van der Waals surface area (Å²) < 4.78 is 4.47. The molecule has 2 bridgehead atoms. The first-order chi connectivity index (χ1) is 19.3. The van der Waals surface area contributed by atoms with Crippen LogP contribution >= 0.6 is 11.8 Å². The van der Waals surface area contributed by atoms with Crippen LogP contribution in [0.5, 0.6) is 0 Å². The highest BCUT2D eigenvalue weighted by Crippen LogP contribution is 2.72. The molecule has 2 unspecified atom stereocenters. The number of carbonyl (C=O) groups excluding carboxylic acids is 3. The highest BCUT2D eigenvalue weighted by molar-refractivity contribution is 8.02. The number of nitrogens with zero attached hydrogens (tertiary/aromatic N) is 2. The molecule has 3 heterocycles. The monoisotopic (exact) mass is 568 g/mol. The number of aliphatic hydroxyl groups is 1. The quantitative estimate of drug-likeness (QED) is 0.184. The summed E-state index contributed by atoms with van der Waals surface area (Å²) in [4.78, 5) is 46.1. The molecule has 2 amide bonds. The average molecular weight is 569 g/mol. The number of ether oxygens (including phenoxy) is 1. The van der Waals surface area contributed by atoms with E-state index in [-0.39, 0.29) is 31.0 Å². The van der Waals surface area contributed by atoms with Crippen LogP contribution < -0.4 is 0 Å². The van der Waals surface area contributed by atoms with Crippen LogP contribution in [0, 0.1) is 11.8 Å². The maximum Gasteiger partial charge on any atom is 0.311 e. The number of aliphatic hydroxyl groups excluding tert-OH is 1. The number of benzene rings is 1. The maximum absolute atomic E-state index is 14.6. The second kappa shape index (κ2) is 12.9. The van der Waals surface area contributed by atoms with Gasteiger partial charge in [-0.05, 0) is 44.6 Å². The number of fused-ring (bicyclic) bond motifs is 1. The number of thioether (sulfide) groups is 1. The van der Waals surface area contributed by atoms with Crippen molar-refractivity contribution in [1.29, 1.82) is 0 Å². The lowest BCUT2D eigenvalue weighted by atomic mass is 9.66. The first-order valence-corrected chi connectivity index (χ1v) is 15.5. The number of allylic oxidation sites excluding steroid dienone is 1. The zero-order valence-corrected chi connectivity index (χ0v) is 24.7. The minimum Gasteiger partial charge on any atom is -0.465 e. The van der Waals surface area contributed by atoms with Gasteiger partial charge in [0, 0.05) is 17.8 Å². The molecule has 3 aliphatic rings. The van der Waals surface area contributed by atoms with E-state index in [0.717, 1.165) is 37.7 Å². The van der Waals surface area contributed by atoms with Crippen LogP contribution in [-0.4, -0.2) is 74.5 Å². The van der Waals surface area contributed by atoms with Crippen molar-refractivity contribution in [3.05, 3.63) is 61.2 Å². The fourth-order valence-electron chi connectivity index (χ4n) is 7.03. The summed E-state index contributed by atoms with van der Waals surface area (Å²) >= 11 is 1.63. The van der Waals surface area contributed by atoms with E-state index in [1.165, 1.54) is 0 Å². The number of amides is 2. The van der Waals surface area contributed by atoms with Crippen LogP contribution in [0.25, 0.3) is 0 Å². The van der Waals surface area contributed by atoms with E-state index in [1.807, 2.05) is 37.3 Å². The van der Waals surface area contributed by atoms with Crippen LogP contribution in [0.4, 0.5) is 0 Å². The molecular formula is C32H44N2O5S. The third-order valence-electron chi connectivity index (χ3n) is 8.89. The van der Waals surface area contributed by atoms with Gasteiger partial charge in [0.15, 0.2) is 0 Å². The molecule has 0 saturated carbocycles. The normalized spacial score (nSPS) is 29.2. The number of hydrogen-bond acceptors (Lipinski definition) is 6. The molecule has 4 rings (SSSR count). The molecule has 1 N–H and O–H groups in total. The van der Waals surface area contributed by atoms with Gasteiger partial charge in [-0.3, -0.25) is 14.4 Å². The Labute approximate surface area is 243 Å². The van der Waals surface area contributed by atoms with Gasteiger partial charge in [0.05, 0.1) is 35.8 Å². The van der Waals surface area contributed by atoms with Gasteiger partial charge in [-0.2, -0.15) is 0 Å². The molecule has 3 fully saturated rings. The van der Waals surface area contributed by atoms with Gasteiger partial charge in [0.1, 0.15) is 6.04 Å². The van der Waals surface area contributed by atoms with E-state index in [0.29, 0.717) is 25.9 Å². The van der Waals surface area contributed by atoms with Crippen molar-refractivity contribution in [2.24, 2.45) is 11.8 Å². The summed E-state index contributed by atoms with van der Waals surface area (Å²) in [6, 6.07) is 7.89. The molecule has 1 aromatic rings. The van der Waals surface area contributed by atoms with Crippen molar-refractivity contribution < 1.29 is 24.2 Å². The molecule has 1 spiro atoms. The van der Waals surface area contributed by atoms with Gasteiger partial charge in [-0.25, -0.2) is 0 Å². The van der Waals surface area contributed by atoms with Gasteiger partial charge < -0.3 is 19.6 Å². The molecule has 3 saturated heterocycles. The van der Waals surface area contributed by atoms with E-state index in [2.05, 4.69) is 20.1 Å². The molecule has 218 valence electrons. The van der Waals surface area contributed by atoms with Crippen molar-refractivity contribution in [2.45, 2.75) is 80.4 Å². The van der Waals surface area contributed by atoms with Crippen molar-refractivity contribution >= 4 is 29.5 Å². The molecule has 6 atom stereocenters. The number of unbranched alkanes of at least 4 members (excludes halogenated alkanes) is 3. The summed E-state index contributed by atoms with van der Waals surface area (Å²) in [7, 11) is 0. The largest absolute Gasteiger partial charge is 0.465 e. The SMILES string of the molecule is C=CCCCOC(=O)[C@H]1[C@H]2C(=O)N([C@H](CO)c3ccccc3)C(C(=O)N(CC=C)CCCCC)C23CC[C@]1(C)S3. The zero-order valence-electron chi connectivity index (χ0n) is 23.9. The first-order valence-electron chi connectivity index (χ1n) is 14.6. The lowest BCUT2D eigenvalue weighted by Gasteiger charge is -2.39. The summed E-state index contributed by atoms with van der Waals surface area (Å²) in [5, 5.41) is 10.7. The Morgan fingerprint density at radius 2 is 1.95 bits per heavy atom. The van der Waals surface area contributed by atoms with E-state index < -0.39 is 33.4 Å². The minimum absolute atomic E-state index is 0.127. The summed E-state index contributed by atoms with van der Waals surface area (Å²) in [6.45, 7) is 12.7. The van der Waals surface area contributed by atoms with Gasteiger partial charge in [-0.15, -0.1) is 24.9 Å². The Hall–Kier alpha value is -2.58. The number of esters is 1. The summed E-state index contributed by atoms with van der Waals surface area (Å²) in [5.41, 5.74) is 0.767. The average Bonchev–Trinajstić information content (AvgIpc) is 3.52.